The predicted molar refractivity (Wildman–Crippen MR) is 66.4 cm³/mol. The number of benzene rings is 2. The second kappa shape index (κ2) is 4.70. The van der Waals surface area contributed by atoms with Crippen LogP contribution in [-0.4, -0.2) is 11.0 Å². The Hall–Kier alpha value is -2.29. The average molecular weight is 227 g/mol. The number of nitrogens with two attached hydrogens (primary N) is 1. The highest BCUT2D eigenvalue weighted by Crippen LogP contribution is 2.22. The second-order valence-corrected chi connectivity index (χ2v) is 3.89. The molecule has 0 aliphatic carbocycles. The van der Waals surface area contributed by atoms with Gasteiger partial charge in [0, 0.05) is 0 Å². The van der Waals surface area contributed by atoms with Crippen LogP contribution < -0.4 is 5.73 Å². The van der Waals surface area contributed by atoms with Gasteiger partial charge >= 0.3 is 0 Å². The van der Waals surface area contributed by atoms with Crippen LogP contribution in [-0.2, 0) is 11.2 Å². The first kappa shape index (κ1) is 11.2. The van der Waals surface area contributed by atoms with Crippen LogP contribution in [0.1, 0.15) is 5.56 Å². The van der Waals surface area contributed by atoms with Crippen molar-refractivity contribution >= 4 is 5.91 Å². The molecule has 17 heavy (non-hydrogen) atoms. The van der Waals surface area contributed by atoms with Crippen molar-refractivity contribution in [1.29, 1.82) is 0 Å². The van der Waals surface area contributed by atoms with Gasteiger partial charge in [-0.1, -0.05) is 36.4 Å². The maximum absolute atomic E-state index is 10.8. The molecule has 2 rings (SSSR count). The summed E-state index contributed by atoms with van der Waals surface area (Å²) in [6, 6.07) is 14.6. The van der Waals surface area contributed by atoms with Crippen molar-refractivity contribution in [3.05, 3.63) is 54.1 Å². The van der Waals surface area contributed by atoms with E-state index in [9.17, 15) is 9.90 Å². The van der Waals surface area contributed by atoms with E-state index in [2.05, 4.69) is 0 Å². The molecular weight excluding hydrogens is 214 g/mol. The Morgan fingerprint density at radius 1 is 0.941 bits per heavy atom. The molecule has 0 fully saturated rings. The van der Waals surface area contributed by atoms with E-state index in [1.807, 2.05) is 36.4 Å². The molecule has 86 valence electrons. The Labute approximate surface area is 99.5 Å². The van der Waals surface area contributed by atoms with E-state index in [-0.39, 0.29) is 18.1 Å². The molecule has 0 atom stereocenters. The first-order valence-corrected chi connectivity index (χ1v) is 5.32. The van der Waals surface area contributed by atoms with Crippen LogP contribution in [0.3, 0.4) is 0 Å². The zero-order chi connectivity index (χ0) is 12.3. The van der Waals surface area contributed by atoms with E-state index < -0.39 is 0 Å². The molecule has 3 heteroatoms. The lowest BCUT2D eigenvalue weighted by atomic mass is 10.0. The van der Waals surface area contributed by atoms with Gasteiger partial charge in [-0.25, -0.2) is 0 Å². The van der Waals surface area contributed by atoms with Crippen molar-refractivity contribution in [2.75, 3.05) is 0 Å². The molecule has 0 bridgehead atoms. The number of rotatable bonds is 3. The van der Waals surface area contributed by atoms with E-state index in [4.69, 9.17) is 5.73 Å². The van der Waals surface area contributed by atoms with Gasteiger partial charge in [-0.2, -0.15) is 0 Å². The number of hydrogen-bond acceptors (Lipinski definition) is 2. The molecular formula is C14H13NO2. The number of phenols is 1. The lowest BCUT2D eigenvalue weighted by molar-refractivity contribution is -0.117. The smallest absolute Gasteiger partial charge is 0.221 e. The largest absolute Gasteiger partial charge is 0.508 e. The molecule has 0 aromatic heterocycles. The molecule has 0 unspecified atom stereocenters. The van der Waals surface area contributed by atoms with Gasteiger partial charge in [-0.15, -0.1) is 0 Å². The summed E-state index contributed by atoms with van der Waals surface area (Å²) < 4.78 is 0. The van der Waals surface area contributed by atoms with Crippen molar-refractivity contribution in [3.8, 4) is 16.9 Å². The normalized spacial score (nSPS) is 10.1. The predicted octanol–water partition coefficient (Wildman–Crippen LogP) is 2.09. The summed E-state index contributed by atoms with van der Waals surface area (Å²) in [5.41, 5.74) is 8.09. The summed E-state index contributed by atoms with van der Waals surface area (Å²) >= 11 is 0. The minimum atomic E-state index is -0.331. The number of aromatic hydroxyl groups is 1. The molecule has 0 aliphatic rings. The Morgan fingerprint density at radius 3 is 1.88 bits per heavy atom. The summed E-state index contributed by atoms with van der Waals surface area (Å²) in [6.07, 6.45) is 0.260. The standard InChI is InChI=1S/C14H13NO2/c15-14(17)9-10-1-3-11(4-2-10)12-5-7-13(16)8-6-12/h1-8,16H,9H2,(H2,15,17). The Kier molecular flexibility index (Phi) is 3.10. The number of phenolic OH excluding ortho intramolecular Hbond substituents is 1. The van der Waals surface area contributed by atoms with Crippen LogP contribution in [0.15, 0.2) is 48.5 Å². The monoisotopic (exact) mass is 227 g/mol. The summed E-state index contributed by atoms with van der Waals surface area (Å²) in [5.74, 6) is -0.0820. The van der Waals surface area contributed by atoms with Gasteiger partial charge in [0.25, 0.3) is 0 Å². The fourth-order valence-electron chi connectivity index (χ4n) is 1.67. The topological polar surface area (TPSA) is 63.3 Å². The van der Waals surface area contributed by atoms with Crippen molar-refractivity contribution in [2.45, 2.75) is 6.42 Å². The summed E-state index contributed by atoms with van der Waals surface area (Å²) in [5, 5.41) is 9.20. The minimum Gasteiger partial charge on any atom is -0.508 e. The third kappa shape index (κ3) is 2.84. The van der Waals surface area contributed by atoms with E-state index in [1.54, 1.807) is 12.1 Å². The number of hydrogen-bond donors (Lipinski definition) is 2. The number of amides is 1. The second-order valence-electron chi connectivity index (χ2n) is 3.89. The minimum absolute atomic E-state index is 0.249. The van der Waals surface area contributed by atoms with Crippen molar-refractivity contribution in [2.24, 2.45) is 5.73 Å². The van der Waals surface area contributed by atoms with Gasteiger partial charge in [0.1, 0.15) is 5.75 Å². The molecule has 0 saturated heterocycles. The molecule has 0 saturated carbocycles. The first-order valence-electron chi connectivity index (χ1n) is 5.32. The zero-order valence-corrected chi connectivity index (χ0v) is 9.26. The van der Waals surface area contributed by atoms with E-state index in [0.717, 1.165) is 16.7 Å². The van der Waals surface area contributed by atoms with Gasteiger partial charge < -0.3 is 10.8 Å². The van der Waals surface area contributed by atoms with Crippen molar-refractivity contribution in [3.63, 3.8) is 0 Å². The van der Waals surface area contributed by atoms with Gasteiger partial charge in [0.15, 0.2) is 0 Å². The van der Waals surface area contributed by atoms with Gasteiger partial charge in [-0.3, -0.25) is 4.79 Å². The molecule has 3 N–H and O–H groups in total. The summed E-state index contributed by atoms with van der Waals surface area (Å²) in [4.78, 5) is 10.8. The fourth-order valence-corrected chi connectivity index (χ4v) is 1.67. The maximum atomic E-state index is 10.8. The molecule has 3 nitrogen and oxygen atoms in total. The molecule has 0 spiro atoms. The highest BCUT2D eigenvalue weighted by atomic mass is 16.3. The summed E-state index contributed by atoms with van der Waals surface area (Å²) in [7, 11) is 0. The summed E-state index contributed by atoms with van der Waals surface area (Å²) in [6.45, 7) is 0. The first-order chi connectivity index (χ1) is 8.15. The van der Waals surface area contributed by atoms with Crippen LogP contribution in [0, 0.1) is 0 Å². The van der Waals surface area contributed by atoms with E-state index >= 15 is 0 Å². The van der Waals surface area contributed by atoms with Gasteiger partial charge in [0.05, 0.1) is 6.42 Å². The molecule has 1 amide bonds. The highest BCUT2D eigenvalue weighted by Gasteiger charge is 2.00. The Morgan fingerprint density at radius 2 is 1.41 bits per heavy atom. The van der Waals surface area contributed by atoms with Gasteiger partial charge in [-0.05, 0) is 28.8 Å². The average Bonchev–Trinajstić information content (AvgIpc) is 2.30. The van der Waals surface area contributed by atoms with Crippen LogP contribution in [0.2, 0.25) is 0 Å². The van der Waals surface area contributed by atoms with Gasteiger partial charge in [0.2, 0.25) is 5.91 Å². The van der Waals surface area contributed by atoms with Crippen LogP contribution in [0.4, 0.5) is 0 Å². The molecule has 2 aromatic carbocycles. The number of primary amides is 1. The molecule has 0 radical (unpaired) electrons. The lowest BCUT2D eigenvalue weighted by Crippen LogP contribution is -2.13. The lowest BCUT2D eigenvalue weighted by Gasteiger charge is -2.03. The van der Waals surface area contributed by atoms with Crippen LogP contribution in [0.5, 0.6) is 5.75 Å². The number of carbonyl (C=O) groups is 1. The SMILES string of the molecule is NC(=O)Cc1ccc(-c2ccc(O)cc2)cc1. The zero-order valence-electron chi connectivity index (χ0n) is 9.26. The quantitative estimate of drug-likeness (QED) is 0.843. The fraction of sp³-hybridized carbons (Fsp3) is 0.0714. The third-order valence-electron chi connectivity index (χ3n) is 2.53. The van der Waals surface area contributed by atoms with Crippen LogP contribution >= 0.6 is 0 Å². The van der Waals surface area contributed by atoms with E-state index in [0.29, 0.717) is 0 Å². The maximum Gasteiger partial charge on any atom is 0.221 e. The Balaban J connectivity index is 2.23. The number of carbonyl (C=O) groups excluding carboxylic acids is 1. The van der Waals surface area contributed by atoms with E-state index in [1.165, 1.54) is 0 Å². The molecule has 0 aliphatic heterocycles. The van der Waals surface area contributed by atoms with Crippen molar-refractivity contribution in [1.82, 2.24) is 0 Å². The third-order valence-corrected chi connectivity index (χ3v) is 2.53. The highest BCUT2D eigenvalue weighted by molar-refractivity contribution is 5.77. The molecule has 2 aromatic rings. The molecule has 0 heterocycles. The van der Waals surface area contributed by atoms with Crippen LogP contribution in [0.25, 0.3) is 11.1 Å². The van der Waals surface area contributed by atoms with Crippen molar-refractivity contribution < 1.29 is 9.90 Å². The Bertz CT molecular complexity index is 515.